The molecule has 0 bridgehead atoms. The normalized spacial score (nSPS) is 18.3. The van der Waals surface area contributed by atoms with Crippen LogP contribution in [-0.2, 0) is 11.2 Å². The first kappa shape index (κ1) is 12.9. The van der Waals surface area contributed by atoms with E-state index in [-0.39, 0.29) is 11.9 Å². The van der Waals surface area contributed by atoms with Crippen molar-refractivity contribution in [2.75, 3.05) is 0 Å². The molecule has 0 radical (unpaired) electrons. The van der Waals surface area contributed by atoms with Crippen LogP contribution in [0.2, 0.25) is 0 Å². The zero-order valence-corrected chi connectivity index (χ0v) is 10.7. The minimum Gasteiger partial charge on any atom is -0.491 e. The lowest BCUT2D eigenvalue weighted by molar-refractivity contribution is 0.135. The molecular weight excluding hydrogens is 227 g/mol. The molecule has 1 aromatic carbocycles. The zero-order chi connectivity index (χ0) is 12.8. The van der Waals surface area contributed by atoms with E-state index in [0.29, 0.717) is 0 Å². The third-order valence-electron chi connectivity index (χ3n) is 3.04. The molecule has 1 atom stereocenters. The highest BCUT2D eigenvalue weighted by Crippen LogP contribution is 2.19. The van der Waals surface area contributed by atoms with Gasteiger partial charge in [0.2, 0.25) is 0 Å². The van der Waals surface area contributed by atoms with Crippen LogP contribution in [0.25, 0.3) is 0 Å². The number of hydrogen-bond donors (Lipinski definition) is 0. The second-order valence-corrected chi connectivity index (χ2v) is 4.59. The van der Waals surface area contributed by atoms with Gasteiger partial charge in [0.25, 0.3) is 0 Å². The van der Waals surface area contributed by atoms with Crippen LogP contribution >= 0.6 is 0 Å². The standard InChI is InChI=1S/C16H19FO/c1-2-4-15-5-3-6-16(18-15)12-9-13-7-10-14(17)11-8-13/h3,5-8,10-11,16H,2,4,9,12H2,1H3. The topological polar surface area (TPSA) is 9.23 Å². The molecule has 18 heavy (non-hydrogen) atoms. The van der Waals surface area contributed by atoms with Gasteiger partial charge in [-0.3, -0.25) is 0 Å². The first-order chi connectivity index (χ1) is 8.78. The molecular formula is C16H19FO. The maximum absolute atomic E-state index is 12.8. The van der Waals surface area contributed by atoms with Crippen LogP contribution in [0.1, 0.15) is 31.7 Å². The molecule has 0 fully saturated rings. The molecule has 1 aliphatic rings. The average molecular weight is 246 g/mol. The highest BCUT2D eigenvalue weighted by molar-refractivity contribution is 5.18. The van der Waals surface area contributed by atoms with Gasteiger partial charge in [0, 0.05) is 6.42 Å². The molecule has 0 aromatic heterocycles. The van der Waals surface area contributed by atoms with Crippen molar-refractivity contribution >= 4 is 0 Å². The number of ether oxygens (including phenoxy) is 1. The van der Waals surface area contributed by atoms with Crippen molar-refractivity contribution in [2.45, 2.75) is 38.7 Å². The summed E-state index contributed by atoms with van der Waals surface area (Å²) < 4.78 is 18.6. The lowest BCUT2D eigenvalue weighted by Gasteiger charge is -2.20. The summed E-state index contributed by atoms with van der Waals surface area (Å²) in [4.78, 5) is 0. The Hall–Kier alpha value is -1.57. The van der Waals surface area contributed by atoms with Crippen LogP contribution in [0.3, 0.4) is 0 Å². The lowest BCUT2D eigenvalue weighted by Crippen LogP contribution is -2.13. The highest BCUT2D eigenvalue weighted by atomic mass is 19.1. The number of rotatable bonds is 5. The fraction of sp³-hybridized carbons (Fsp3) is 0.375. The SMILES string of the molecule is CCCC1=CC=CC(CCc2ccc(F)cc2)O1. The number of allylic oxidation sites excluding steroid dienone is 3. The summed E-state index contributed by atoms with van der Waals surface area (Å²) in [7, 11) is 0. The van der Waals surface area contributed by atoms with Crippen molar-refractivity contribution < 1.29 is 9.13 Å². The number of benzene rings is 1. The van der Waals surface area contributed by atoms with Crippen molar-refractivity contribution in [2.24, 2.45) is 0 Å². The summed E-state index contributed by atoms with van der Waals surface area (Å²) in [6, 6.07) is 6.69. The molecule has 0 saturated heterocycles. The Kier molecular flexibility index (Phi) is 4.57. The Morgan fingerprint density at radius 1 is 1.17 bits per heavy atom. The molecule has 2 heteroatoms. The largest absolute Gasteiger partial charge is 0.491 e. The van der Waals surface area contributed by atoms with Gasteiger partial charge in [0.05, 0.1) is 5.76 Å². The van der Waals surface area contributed by atoms with Gasteiger partial charge >= 0.3 is 0 Å². The van der Waals surface area contributed by atoms with Gasteiger partial charge in [0.15, 0.2) is 0 Å². The van der Waals surface area contributed by atoms with Crippen LogP contribution in [0.4, 0.5) is 4.39 Å². The van der Waals surface area contributed by atoms with Crippen molar-refractivity contribution in [3.8, 4) is 0 Å². The molecule has 0 spiro atoms. The van der Waals surface area contributed by atoms with Gasteiger partial charge in [-0.25, -0.2) is 4.39 Å². The van der Waals surface area contributed by atoms with Crippen LogP contribution in [0.5, 0.6) is 0 Å². The van der Waals surface area contributed by atoms with Crippen molar-refractivity contribution in [1.82, 2.24) is 0 Å². The summed E-state index contributed by atoms with van der Waals surface area (Å²) in [5, 5.41) is 0. The van der Waals surface area contributed by atoms with E-state index in [1.807, 2.05) is 18.2 Å². The van der Waals surface area contributed by atoms with Crippen LogP contribution in [0.15, 0.2) is 48.3 Å². The summed E-state index contributed by atoms with van der Waals surface area (Å²) >= 11 is 0. The third-order valence-corrected chi connectivity index (χ3v) is 3.04. The average Bonchev–Trinajstić information content (AvgIpc) is 2.39. The Balaban J connectivity index is 1.83. The Bertz CT molecular complexity index is 431. The monoisotopic (exact) mass is 246 g/mol. The molecule has 2 rings (SSSR count). The second kappa shape index (κ2) is 6.39. The summed E-state index contributed by atoms with van der Waals surface area (Å²) in [6.07, 6.45) is 10.3. The molecule has 96 valence electrons. The minimum absolute atomic E-state index is 0.154. The van der Waals surface area contributed by atoms with Gasteiger partial charge < -0.3 is 4.74 Å². The fourth-order valence-electron chi connectivity index (χ4n) is 2.06. The van der Waals surface area contributed by atoms with Crippen molar-refractivity contribution in [3.05, 3.63) is 59.6 Å². The zero-order valence-electron chi connectivity index (χ0n) is 10.7. The van der Waals surface area contributed by atoms with E-state index in [1.54, 1.807) is 0 Å². The summed E-state index contributed by atoms with van der Waals surface area (Å²) in [6.45, 7) is 2.15. The van der Waals surface area contributed by atoms with E-state index in [0.717, 1.165) is 37.0 Å². The predicted molar refractivity (Wildman–Crippen MR) is 71.7 cm³/mol. The van der Waals surface area contributed by atoms with Gasteiger partial charge in [-0.2, -0.15) is 0 Å². The molecule has 0 saturated carbocycles. The van der Waals surface area contributed by atoms with Gasteiger partial charge in [0.1, 0.15) is 11.9 Å². The van der Waals surface area contributed by atoms with E-state index in [2.05, 4.69) is 19.1 Å². The van der Waals surface area contributed by atoms with E-state index in [4.69, 9.17) is 4.74 Å². The van der Waals surface area contributed by atoms with E-state index in [1.165, 1.54) is 12.1 Å². The maximum Gasteiger partial charge on any atom is 0.123 e. The maximum atomic E-state index is 12.8. The first-order valence-electron chi connectivity index (χ1n) is 6.56. The lowest BCUT2D eigenvalue weighted by atomic mass is 10.1. The Morgan fingerprint density at radius 3 is 2.67 bits per heavy atom. The molecule has 1 unspecified atom stereocenters. The molecule has 1 aliphatic heterocycles. The summed E-state index contributed by atoms with van der Waals surface area (Å²) in [5.41, 5.74) is 1.15. The smallest absolute Gasteiger partial charge is 0.123 e. The van der Waals surface area contributed by atoms with E-state index in [9.17, 15) is 4.39 Å². The van der Waals surface area contributed by atoms with Gasteiger partial charge in [-0.05, 0) is 49.1 Å². The van der Waals surface area contributed by atoms with Crippen LogP contribution < -0.4 is 0 Å². The third kappa shape index (κ3) is 3.73. The molecule has 0 amide bonds. The van der Waals surface area contributed by atoms with Crippen LogP contribution in [-0.4, -0.2) is 6.10 Å². The van der Waals surface area contributed by atoms with Crippen molar-refractivity contribution in [3.63, 3.8) is 0 Å². The molecule has 1 heterocycles. The van der Waals surface area contributed by atoms with E-state index >= 15 is 0 Å². The number of halogens is 1. The van der Waals surface area contributed by atoms with Crippen LogP contribution in [0, 0.1) is 5.82 Å². The van der Waals surface area contributed by atoms with Gasteiger partial charge in [-0.15, -0.1) is 0 Å². The fourth-order valence-corrected chi connectivity index (χ4v) is 2.06. The minimum atomic E-state index is -0.180. The number of hydrogen-bond acceptors (Lipinski definition) is 1. The summed E-state index contributed by atoms with van der Waals surface area (Å²) in [5.74, 6) is 0.893. The molecule has 1 aromatic rings. The predicted octanol–water partition coefficient (Wildman–Crippen LogP) is 4.40. The Labute approximate surface area is 108 Å². The molecule has 0 N–H and O–H groups in total. The molecule has 0 aliphatic carbocycles. The van der Waals surface area contributed by atoms with E-state index < -0.39 is 0 Å². The molecule has 1 nitrogen and oxygen atoms in total. The highest BCUT2D eigenvalue weighted by Gasteiger charge is 2.11. The first-order valence-corrected chi connectivity index (χ1v) is 6.56. The van der Waals surface area contributed by atoms with Gasteiger partial charge in [-0.1, -0.05) is 25.1 Å². The second-order valence-electron chi connectivity index (χ2n) is 4.59. The quantitative estimate of drug-likeness (QED) is 0.748. The number of aryl methyl sites for hydroxylation is 1. The Morgan fingerprint density at radius 2 is 1.94 bits per heavy atom. The van der Waals surface area contributed by atoms with Crippen molar-refractivity contribution in [1.29, 1.82) is 0 Å².